The van der Waals surface area contributed by atoms with Crippen LogP contribution in [0.1, 0.15) is 21.5 Å². The standard InChI is InChI=1S/C14H16N2O4/c1-10-7-11(3-2-5-17)9-12(8-10)13(18)16-4-6-20-14(15)19/h7-9,17H,4-6H2,1H3,(H2,15,19)(H,16,18). The van der Waals surface area contributed by atoms with Crippen LogP contribution < -0.4 is 11.1 Å². The van der Waals surface area contributed by atoms with Crippen molar-refractivity contribution in [2.24, 2.45) is 5.73 Å². The van der Waals surface area contributed by atoms with Gasteiger partial charge in [-0.2, -0.15) is 0 Å². The average molecular weight is 276 g/mol. The number of ether oxygens (including phenoxy) is 1. The molecule has 0 bridgehead atoms. The first kappa shape index (κ1) is 15.5. The van der Waals surface area contributed by atoms with Crippen LogP contribution in [0.3, 0.4) is 0 Å². The zero-order chi connectivity index (χ0) is 15.0. The third-order valence-corrected chi connectivity index (χ3v) is 2.28. The van der Waals surface area contributed by atoms with Gasteiger partial charge in [0.2, 0.25) is 0 Å². The molecule has 20 heavy (non-hydrogen) atoms. The lowest BCUT2D eigenvalue weighted by atomic mass is 10.1. The molecule has 0 spiro atoms. The molecule has 0 saturated carbocycles. The molecule has 106 valence electrons. The van der Waals surface area contributed by atoms with Gasteiger partial charge in [-0.15, -0.1) is 0 Å². The van der Waals surface area contributed by atoms with E-state index in [0.29, 0.717) is 11.1 Å². The number of carbonyl (C=O) groups excluding carboxylic acids is 2. The quantitative estimate of drug-likeness (QED) is 0.538. The van der Waals surface area contributed by atoms with Crippen molar-refractivity contribution in [3.63, 3.8) is 0 Å². The molecule has 0 unspecified atom stereocenters. The molecule has 6 heteroatoms. The monoisotopic (exact) mass is 276 g/mol. The van der Waals surface area contributed by atoms with Gasteiger partial charge in [0.1, 0.15) is 13.2 Å². The Labute approximate surface area is 116 Å². The summed E-state index contributed by atoms with van der Waals surface area (Å²) in [6.07, 6.45) is -0.878. The molecule has 0 radical (unpaired) electrons. The Kier molecular flexibility index (Phi) is 6.07. The van der Waals surface area contributed by atoms with E-state index in [1.807, 2.05) is 13.0 Å². The fourth-order valence-corrected chi connectivity index (χ4v) is 1.55. The maximum absolute atomic E-state index is 11.9. The molecule has 1 rings (SSSR count). The second-order valence-corrected chi connectivity index (χ2v) is 3.97. The first-order chi connectivity index (χ1) is 9.52. The summed E-state index contributed by atoms with van der Waals surface area (Å²) in [5.74, 6) is 4.97. The van der Waals surface area contributed by atoms with Gasteiger partial charge in [0.15, 0.2) is 0 Å². The van der Waals surface area contributed by atoms with Crippen molar-refractivity contribution >= 4 is 12.0 Å². The van der Waals surface area contributed by atoms with Crippen LogP contribution in [-0.4, -0.2) is 36.9 Å². The molecule has 2 amide bonds. The lowest BCUT2D eigenvalue weighted by molar-refractivity contribution is 0.0936. The van der Waals surface area contributed by atoms with Crippen LogP contribution in [-0.2, 0) is 4.74 Å². The molecular formula is C14H16N2O4. The fraction of sp³-hybridized carbons (Fsp3) is 0.286. The Hall–Kier alpha value is -2.52. The summed E-state index contributed by atoms with van der Waals surface area (Å²) in [7, 11) is 0. The van der Waals surface area contributed by atoms with Gasteiger partial charge in [-0.1, -0.05) is 11.8 Å². The SMILES string of the molecule is Cc1cc(C#CCO)cc(C(=O)NCCOC(N)=O)c1. The molecule has 0 heterocycles. The van der Waals surface area contributed by atoms with Crippen LogP contribution in [0.4, 0.5) is 4.79 Å². The molecule has 6 nitrogen and oxygen atoms in total. The second-order valence-electron chi connectivity index (χ2n) is 3.97. The number of rotatable bonds is 4. The first-order valence-corrected chi connectivity index (χ1v) is 5.95. The highest BCUT2D eigenvalue weighted by molar-refractivity contribution is 5.94. The zero-order valence-corrected chi connectivity index (χ0v) is 11.1. The fourth-order valence-electron chi connectivity index (χ4n) is 1.55. The third-order valence-electron chi connectivity index (χ3n) is 2.28. The van der Waals surface area contributed by atoms with Crippen molar-refractivity contribution < 1.29 is 19.4 Å². The second kappa shape index (κ2) is 7.81. The number of aryl methyl sites for hydroxylation is 1. The van der Waals surface area contributed by atoms with E-state index in [-0.39, 0.29) is 25.7 Å². The van der Waals surface area contributed by atoms with Gasteiger partial charge in [0.05, 0.1) is 6.54 Å². The van der Waals surface area contributed by atoms with Crippen molar-refractivity contribution in [2.75, 3.05) is 19.8 Å². The van der Waals surface area contributed by atoms with Crippen LogP contribution in [0.15, 0.2) is 18.2 Å². The molecule has 0 fully saturated rings. The largest absolute Gasteiger partial charge is 0.448 e. The molecule has 4 N–H and O–H groups in total. The zero-order valence-electron chi connectivity index (χ0n) is 11.1. The number of amides is 2. The summed E-state index contributed by atoms with van der Waals surface area (Å²) in [5.41, 5.74) is 6.78. The first-order valence-electron chi connectivity index (χ1n) is 5.95. The van der Waals surface area contributed by atoms with E-state index < -0.39 is 6.09 Å². The van der Waals surface area contributed by atoms with Crippen LogP contribution in [0.2, 0.25) is 0 Å². The van der Waals surface area contributed by atoms with E-state index in [1.54, 1.807) is 12.1 Å². The number of aliphatic hydroxyl groups excluding tert-OH is 1. The number of benzene rings is 1. The molecule has 0 aliphatic rings. The van der Waals surface area contributed by atoms with Gasteiger partial charge in [-0.05, 0) is 30.7 Å². The Bertz CT molecular complexity index is 558. The number of primary amides is 1. The summed E-state index contributed by atoms with van der Waals surface area (Å²) >= 11 is 0. The van der Waals surface area contributed by atoms with Crippen LogP contribution >= 0.6 is 0 Å². The molecule has 0 aromatic heterocycles. The number of aliphatic hydroxyl groups is 1. The van der Waals surface area contributed by atoms with E-state index in [9.17, 15) is 9.59 Å². The van der Waals surface area contributed by atoms with E-state index in [0.717, 1.165) is 5.56 Å². The van der Waals surface area contributed by atoms with Crippen molar-refractivity contribution in [2.45, 2.75) is 6.92 Å². The number of carbonyl (C=O) groups is 2. The van der Waals surface area contributed by atoms with E-state index in [2.05, 4.69) is 21.9 Å². The highest BCUT2D eigenvalue weighted by atomic mass is 16.5. The Morgan fingerprint density at radius 1 is 1.40 bits per heavy atom. The predicted molar refractivity (Wildman–Crippen MR) is 73.0 cm³/mol. The number of nitrogens with two attached hydrogens (primary N) is 1. The van der Waals surface area contributed by atoms with Gasteiger partial charge in [0.25, 0.3) is 5.91 Å². The Balaban J connectivity index is 2.67. The molecular weight excluding hydrogens is 260 g/mol. The molecule has 0 aliphatic heterocycles. The van der Waals surface area contributed by atoms with Crippen molar-refractivity contribution in [3.05, 3.63) is 34.9 Å². The van der Waals surface area contributed by atoms with Crippen molar-refractivity contribution in [1.82, 2.24) is 5.32 Å². The summed E-state index contributed by atoms with van der Waals surface area (Å²) in [6.45, 7) is 1.80. The Morgan fingerprint density at radius 3 is 2.80 bits per heavy atom. The molecule has 1 aromatic rings. The minimum Gasteiger partial charge on any atom is -0.448 e. The van der Waals surface area contributed by atoms with Gasteiger partial charge < -0.3 is 20.9 Å². The van der Waals surface area contributed by atoms with Crippen LogP contribution in [0.25, 0.3) is 0 Å². The highest BCUT2D eigenvalue weighted by Gasteiger charge is 2.07. The van der Waals surface area contributed by atoms with Gasteiger partial charge in [-0.25, -0.2) is 4.79 Å². The van der Waals surface area contributed by atoms with Gasteiger partial charge >= 0.3 is 6.09 Å². The lowest BCUT2D eigenvalue weighted by Crippen LogP contribution is -2.29. The highest BCUT2D eigenvalue weighted by Crippen LogP contribution is 2.09. The Morgan fingerprint density at radius 2 is 2.15 bits per heavy atom. The minimum atomic E-state index is -0.878. The average Bonchev–Trinajstić information content (AvgIpc) is 2.40. The van der Waals surface area contributed by atoms with Crippen LogP contribution in [0, 0.1) is 18.8 Å². The third kappa shape index (κ3) is 5.42. The maximum Gasteiger partial charge on any atom is 0.404 e. The predicted octanol–water partition coefficient (Wildman–Crippen LogP) is 0.164. The smallest absolute Gasteiger partial charge is 0.404 e. The minimum absolute atomic E-state index is 0.0179. The molecule has 0 saturated heterocycles. The van der Waals surface area contributed by atoms with Crippen molar-refractivity contribution in [3.8, 4) is 11.8 Å². The molecule has 1 aromatic carbocycles. The van der Waals surface area contributed by atoms with Crippen LogP contribution in [0.5, 0.6) is 0 Å². The van der Waals surface area contributed by atoms with Gasteiger partial charge in [-0.3, -0.25) is 4.79 Å². The summed E-state index contributed by atoms with van der Waals surface area (Å²) in [5, 5.41) is 11.3. The van der Waals surface area contributed by atoms with E-state index in [1.165, 1.54) is 0 Å². The van der Waals surface area contributed by atoms with Gasteiger partial charge in [0, 0.05) is 11.1 Å². The normalized spacial score (nSPS) is 9.30. The summed E-state index contributed by atoms with van der Waals surface area (Å²) < 4.78 is 4.50. The molecule has 0 atom stereocenters. The van der Waals surface area contributed by atoms with E-state index >= 15 is 0 Å². The van der Waals surface area contributed by atoms with Crippen molar-refractivity contribution in [1.29, 1.82) is 0 Å². The maximum atomic E-state index is 11.9. The summed E-state index contributed by atoms with van der Waals surface area (Å²) in [4.78, 5) is 22.2. The topological polar surface area (TPSA) is 102 Å². The number of hydrogen-bond acceptors (Lipinski definition) is 4. The molecule has 0 aliphatic carbocycles. The summed E-state index contributed by atoms with van der Waals surface area (Å²) in [6, 6.07) is 5.16. The lowest BCUT2D eigenvalue weighted by Gasteiger charge is -2.06. The van der Waals surface area contributed by atoms with E-state index in [4.69, 9.17) is 10.8 Å². The number of nitrogens with one attached hydrogen (secondary N) is 1. The number of hydrogen-bond donors (Lipinski definition) is 3.